The summed E-state index contributed by atoms with van der Waals surface area (Å²) in [5.74, 6) is -1.62. The highest BCUT2D eigenvalue weighted by Crippen LogP contribution is 2.27. The maximum atomic E-state index is 13.5. The third-order valence-corrected chi connectivity index (χ3v) is 8.35. The molecule has 3 N–H and O–H groups in total. The number of piperazine rings is 1. The van der Waals surface area contributed by atoms with Crippen LogP contribution in [0.1, 0.15) is 36.7 Å². The number of hydrogen-bond acceptors (Lipinski definition) is 9. The lowest BCUT2D eigenvalue weighted by Crippen LogP contribution is -2.56. The number of benzene rings is 1. The van der Waals surface area contributed by atoms with Crippen LogP contribution in [-0.2, 0) is 19.1 Å². The Bertz CT molecular complexity index is 1400. The molecule has 0 spiro atoms. The number of pyridine rings is 1. The van der Waals surface area contributed by atoms with E-state index in [-0.39, 0.29) is 63.8 Å². The van der Waals surface area contributed by atoms with Crippen molar-refractivity contribution in [2.24, 2.45) is 5.92 Å². The van der Waals surface area contributed by atoms with E-state index in [1.54, 1.807) is 36.1 Å². The summed E-state index contributed by atoms with van der Waals surface area (Å²) in [6.07, 6.45) is 0.116. The van der Waals surface area contributed by atoms with E-state index >= 15 is 0 Å². The third kappa shape index (κ3) is 7.18. The Labute approximate surface area is 254 Å². The highest BCUT2D eigenvalue weighted by Gasteiger charge is 2.38. The topological polar surface area (TPSA) is 171 Å². The number of aromatic nitrogens is 1. The summed E-state index contributed by atoms with van der Waals surface area (Å²) in [5, 5.41) is 16.0. The van der Waals surface area contributed by atoms with Crippen LogP contribution in [0.3, 0.4) is 0 Å². The fourth-order valence-corrected chi connectivity index (χ4v) is 5.96. The van der Waals surface area contributed by atoms with Crippen LogP contribution in [0.4, 0.5) is 4.79 Å². The van der Waals surface area contributed by atoms with Gasteiger partial charge in [-0.05, 0) is 44.4 Å². The number of para-hydroxylation sites is 1. The second-order valence-electron chi connectivity index (χ2n) is 11.2. The minimum atomic E-state index is -1.13. The molecule has 14 nitrogen and oxygen atoms in total. The minimum absolute atomic E-state index is 0.0358. The molecule has 0 aliphatic carbocycles. The van der Waals surface area contributed by atoms with Gasteiger partial charge in [-0.2, -0.15) is 0 Å². The molecular weight excluding hydrogens is 572 g/mol. The van der Waals surface area contributed by atoms with Gasteiger partial charge in [-0.1, -0.05) is 12.1 Å². The van der Waals surface area contributed by atoms with Crippen molar-refractivity contribution in [1.29, 1.82) is 0 Å². The number of nitrogens with zero attached hydrogens (tertiary/aromatic N) is 4. The van der Waals surface area contributed by atoms with E-state index in [9.17, 15) is 29.1 Å². The van der Waals surface area contributed by atoms with Crippen molar-refractivity contribution in [1.82, 2.24) is 30.3 Å². The van der Waals surface area contributed by atoms with E-state index in [4.69, 9.17) is 9.47 Å². The zero-order valence-electron chi connectivity index (χ0n) is 24.7. The zero-order valence-corrected chi connectivity index (χ0v) is 24.7. The first kappa shape index (κ1) is 31.0. The molecule has 0 saturated carbocycles. The van der Waals surface area contributed by atoms with Crippen LogP contribution < -0.4 is 15.4 Å². The van der Waals surface area contributed by atoms with Gasteiger partial charge in [0.25, 0.3) is 11.8 Å². The maximum Gasteiger partial charge on any atom is 0.409 e. The van der Waals surface area contributed by atoms with Gasteiger partial charge in [-0.25, -0.2) is 9.78 Å². The number of carbonyl (C=O) groups is 5. The van der Waals surface area contributed by atoms with Crippen LogP contribution >= 0.6 is 0 Å². The van der Waals surface area contributed by atoms with Crippen molar-refractivity contribution in [2.75, 3.05) is 59.0 Å². The summed E-state index contributed by atoms with van der Waals surface area (Å²) in [5.41, 5.74) is 0.428. The van der Waals surface area contributed by atoms with Crippen LogP contribution in [0.15, 0.2) is 30.3 Å². The van der Waals surface area contributed by atoms with Gasteiger partial charge < -0.3 is 39.9 Å². The summed E-state index contributed by atoms with van der Waals surface area (Å²) >= 11 is 0. The summed E-state index contributed by atoms with van der Waals surface area (Å²) in [6, 6.07) is 7.67. The van der Waals surface area contributed by atoms with E-state index < -0.39 is 29.9 Å². The van der Waals surface area contributed by atoms with Crippen LogP contribution in [0, 0.1) is 5.92 Å². The molecule has 3 fully saturated rings. The Kier molecular flexibility index (Phi) is 9.78. The lowest BCUT2D eigenvalue weighted by Gasteiger charge is -2.35. The first-order chi connectivity index (χ1) is 21.2. The highest BCUT2D eigenvalue weighted by atomic mass is 16.6. The SMILES string of the molecule is CCOC(=O)N1CCN(C(=O)[C@H](CCC(=O)O)NC(=O)c2cc(OCC(=O)N3CC4CCNC4C3)c3ccccc3n2)CC1. The maximum absolute atomic E-state index is 13.5. The molecule has 3 aliphatic rings. The molecule has 4 amide bonds. The molecule has 44 heavy (non-hydrogen) atoms. The number of rotatable bonds is 10. The predicted molar refractivity (Wildman–Crippen MR) is 157 cm³/mol. The van der Waals surface area contributed by atoms with Gasteiger partial charge in [-0.15, -0.1) is 0 Å². The van der Waals surface area contributed by atoms with Gasteiger partial charge in [0, 0.05) is 63.2 Å². The average molecular weight is 611 g/mol. The summed E-state index contributed by atoms with van der Waals surface area (Å²) in [7, 11) is 0. The van der Waals surface area contributed by atoms with Crippen molar-refractivity contribution in [2.45, 2.75) is 38.3 Å². The number of amides is 4. The van der Waals surface area contributed by atoms with Gasteiger partial charge >= 0.3 is 12.1 Å². The van der Waals surface area contributed by atoms with Crippen molar-refractivity contribution in [3.05, 3.63) is 36.0 Å². The molecule has 3 aliphatic heterocycles. The van der Waals surface area contributed by atoms with E-state index in [2.05, 4.69) is 15.6 Å². The number of likely N-dealkylation sites (tertiary alicyclic amines) is 1. The number of fused-ring (bicyclic) bond motifs is 2. The molecule has 1 aromatic carbocycles. The second-order valence-corrected chi connectivity index (χ2v) is 11.2. The number of ether oxygens (including phenoxy) is 2. The molecule has 4 heterocycles. The quantitative estimate of drug-likeness (QED) is 0.348. The molecule has 236 valence electrons. The number of carboxylic acid groups (broad SMARTS) is 1. The Hall–Kier alpha value is -4.46. The molecule has 0 bridgehead atoms. The lowest BCUT2D eigenvalue weighted by molar-refractivity contribution is -0.138. The van der Waals surface area contributed by atoms with Gasteiger partial charge in [0.1, 0.15) is 17.5 Å². The second kappa shape index (κ2) is 13.9. The number of hydrogen-bond donors (Lipinski definition) is 3. The molecule has 14 heteroatoms. The van der Waals surface area contributed by atoms with Crippen molar-refractivity contribution < 1.29 is 38.6 Å². The normalized spacial score (nSPS) is 20.2. The Morgan fingerprint density at radius 2 is 1.82 bits per heavy atom. The standard InChI is InChI=1S/C30H38N6O8/c1-2-43-30(42)35-13-11-34(12-14-35)29(41)22(7-8-27(38)39)33-28(40)23-15-25(20-5-3-4-6-21(20)32-23)44-18-26(37)36-16-19-9-10-31-24(19)17-36/h3-6,15,19,22,24,31H,2,7-14,16-18H2,1H3,(H,33,40)(H,38,39)/t19?,22-,24?/m0/s1. The fourth-order valence-electron chi connectivity index (χ4n) is 5.96. The summed E-state index contributed by atoms with van der Waals surface area (Å²) < 4.78 is 11.0. The first-order valence-corrected chi connectivity index (χ1v) is 15.0. The van der Waals surface area contributed by atoms with Crippen molar-refractivity contribution in [3.63, 3.8) is 0 Å². The number of nitrogens with one attached hydrogen (secondary N) is 2. The largest absolute Gasteiger partial charge is 0.483 e. The fraction of sp³-hybridized carbons (Fsp3) is 0.533. The van der Waals surface area contributed by atoms with Crippen LogP contribution in [-0.4, -0.2) is 126 Å². The Balaban J connectivity index is 1.27. The van der Waals surface area contributed by atoms with Gasteiger partial charge in [0.2, 0.25) is 5.91 Å². The average Bonchev–Trinajstić information content (AvgIpc) is 3.64. The number of aliphatic carboxylic acids is 1. The molecule has 2 unspecified atom stereocenters. The molecule has 2 aromatic rings. The molecule has 0 radical (unpaired) electrons. The molecule has 3 saturated heterocycles. The van der Waals surface area contributed by atoms with Crippen molar-refractivity contribution in [3.8, 4) is 5.75 Å². The lowest BCUT2D eigenvalue weighted by atomic mass is 10.1. The van der Waals surface area contributed by atoms with Crippen LogP contribution in [0.25, 0.3) is 10.9 Å². The molecular formula is C30H38N6O8. The summed E-state index contributed by atoms with van der Waals surface area (Å²) in [6.45, 7) is 4.99. The van der Waals surface area contributed by atoms with Crippen LogP contribution in [0.5, 0.6) is 5.75 Å². The molecule has 3 atom stereocenters. The Morgan fingerprint density at radius 1 is 1.07 bits per heavy atom. The van der Waals surface area contributed by atoms with Gasteiger partial charge in [0.15, 0.2) is 6.61 Å². The summed E-state index contributed by atoms with van der Waals surface area (Å²) in [4.78, 5) is 72.5. The van der Waals surface area contributed by atoms with Crippen LogP contribution in [0.2, 0.25) is 0 Å². The zero-order chi connectivity index (χ0) is 31.2. The van der Waals surface area contributed by atoms with E-state index in [0.717, 1.165) is 13.0 Å². The molecule has 5 rings (SSSR count). The smallest absolute Gasteiger partial charge is 0.409 e. The minimum Gasteiger partial charge on any atom is -0.483 e. The van der Waals surface area contributed by atoms with Gasteiger partial charge in [0.05, 0.1) is 12.1 Å². The Morgan fingerprint density at radius 3 is 2.55 bits per heavy atom. The van der Waals surface area contributed by atoms with E-state index in [1.807, 2.05) is 0 Å². The van der Waals surface area contributed by atoms with E-state index in [0.29, 0.717) is 41.7 Å². The van der Waals surface area contributed by atoms with Gasteiger partial charge in [-0.3, -0.25) is 19.2 Å². The number of carboxylic acids is 1. The highest BCUT2D eigenvalue weighted by molar-refractivity contribution is 5.99. The predicted octanol–water partition coefficient (Wildman–Crippen LogP) is 0.698. The monoisotopic (exact) mass is 610 g/mol. The third-order valence-electron chi connectivity index (χ3n) is 8.35. The first-order valence-electron chi connectivity index (χ1n) is 15.0. The van der Waals surface area contributed by atoms with Crippen molar-refractivity contribution >= 4 is 40.7 Å². The number of carbonyl (C=O) groups excluding carboxylic acids is 4. The molecule has 1 aromatic heterocycles. The van der Waals surface area contributed by atoms with E-state index in [1.165, 1.54) is 15.9 Å².